The lowest BCUT2D eigenvalue weighted by Gasteiger charge is -2.26. The lowest BCUT2D eigenvalue weighted by atomic mass is 9.91. The van der Waals surface area contributed by atoms with Crippen molar-refractivity contribution in [2.75, 3.05) is 11.6 Å². The quantitative estimate of drug-likeness (QED) is 0.819. The number of rotatable bonds is 5. The molecule has 0 saturated carbocycles. The Balaban J connectivity index is 1.92. The molecule has 1 aliphatic heterocycles. The highest BCUT2D eigenvalue weighted by Crippen LogP contribution is 2.26. The fraction of sp³-hybridized carbons (Fsp3) is 0.600. The maximum absolute atomic E-state index is 12.4. The minimum atomic E-state index is -1.09. The smallest absolute Gasteiger partial charge is 0.355 e. The average Bonchev–Trinajstić information content (AvgIpc) is 3.12. The Bertz CT molecular complexity index is 639. The number of aromatic nitrogens is 1. The molecule has 2 N–H and O–H groups in total. The first-order valence-electron chi connectivity index (χ1n) is 7.50. The van der Waals surface area contributed by atoms with E-state index < -0.39 is 12.0 Å². The third-order valence-electron chi connectivity index (χ3n) is 3.37. The molecule has 0 radical (unpaired) electrons. The number of hydrogen-bond donors (Lipinski definition) is 2. The van der Waals surface area contributed by atoms with E-state index in [-0.39, 0.29) is 29.5 Å². The molecule has 9 heteroatoms. The van der Waals surface area contributed by atoms with Crippen LogP contribution in [0.15, 0.2) is 5.38 Å². The minimum Gasteiger partial charge on any atom is -0.476 e. The number of carbonyl (C=O) groups is 3. The molecular formula is C15H21N3O4S2. The lowest BCUT2D eigenvalue weighted by Crippen LogP contribution is -2.47. The molecule has 0 spiro atoms. The molecule has 2 heterocycles. The molecule has 1 unspecified atom stereocenters. The summed E-state index contributed by atoms with van der Waals surface area (Å²) in [5.41, 5.74) is -0.151. The van der Waals surface area contributed by atoms with E-state index in [1.807, 2.05) is 20.8 Å². The van der Waals surface area contributed by atoms with Crippen molar-refractivity contribution in [3.05, 3.63) is 16.1 Å². The fourth-order valence-electron chi connectivity index (χ4n) is 2.23. The van der Waals surface area contributed by atoms with E-state index in [2.05, 4.69) is 10.3 Å². The van der Waals surface area contributed by atoms with Gasteiger partial charge in [-0.25, -0.2) is 9.78 Å². The summed E-state index contributed by atoms with van der Waals surface area (Å²) < 4.78 is 0. The van der Waals surface area contributed by atoms with Crippen molar-refractivity contribution in [3.8, 4) is 0 Å². The highest BCUT2D eigenvalue weighted by molar-refractivity contribution is 7.99. The van der Waals surface area contributed by atoms with Gasteiger partial charge in [-0.15, -0.1) is 23.1 Å². The molecule has 1 aromatic heterocycles. The number of amides is 2. The molecular weight excluding hydrogens is 350 g/mol. The van der Waals surface area contributed by atoms with Crippen molar-refractivity contribution in [3.63, 3.8) is 0 Å². The standard InChI is InChI=1S/C15H21N3O4S2/c1-15(2,3)4-12(19)18-8-23-7-10(18)13(20)16-5-11-17-9(6-24-11)14(21)22/h6,10H,4-5,7-8H2,1-3H3,(H,16,20)(H,21,22). The Morgan fingerprint density at radius 3 is 2.71 bits per heavy atom. The number of carboxylic acids is 1. The van der Waals surface area contributed by atoms with Crippen LogP contribution in [-0.2, 0) is 16.1 Å². The highest BCUT2D eigenvalue weighted by atomic mass is 32.2. The Labute approximate surface area is 148 Å². The Morgan fingerprint density at radius 1 is 1.42 bits per heavy atom. The molecule has 0 aliphatic carbocycles. The molecule has 0 bridgehead atoms. The summed E-state index contributed by atoms with van der Waals surface area (Å²) in [7, 11) is 0. The maximum Gasteiger partial charge on any atom is 0.355 e. The van der Waals surface area contributed by atoms with Crippen molar-refractivity contribution in [2.45, 2.75) is 39.8 Å². The Hall–Kier alpha value is -1.61. The summed E-state index contributed by atoms with van der Waals surface area (Å²) in [6.45, 7) is 6.14. The van der Waals surface area contributed by atoms with Crippen LogP contribution >= 0.6 is 23.1 Å². The van der Waals surface area contributed by atoms with E-state index in [4.69, 9.17) is 5.11 Å². The van der Waals surface area contributed by atoms with Crippen LogP contribution < -0.4 is 5.32 Å². The molecule has 1 aliphatic rings. The van der Waals surface area contributed by atoms with Gasteiger partial charge in [0.05, 0.1) is 12.4 Å². The molecule has 1 atom stereocenters. The number of nitrogens with one attached hydrogen (secondary N) is 1. The second kappa shape index (κ2) is 7.52. The normalized spacial score (nSPS) is 17.8. The van der Waals surface area contributed by atoms with Crippen LogP contribution in [0.2, 0.25) is 0 Å². The van der Waals surface area contributed by atoms with Crippen LogP contribution in [0, 0.1) is 5.41 Å². The molecule has 0 aromatic carbocycles. The van der Waals surface area contributed by atoms with Gasteiger partial charge < -0.3 is 15.3 Å². The van der Waals surface area contributed by atoms with Crippen LogP contribution in [0.4, 0.5) is 0 Å². The van der Waals surface area contributed by atoms with E-state index in [0.717, 1.165) is 0 Å². The number of carboxylic acid groups (broad SMARTS) is 1. The Kier molecular flexibility index (Phi) is 5.87. The van der Waals surface area contributed by atoms with Crippen molar-refractivity contribution < 1.29 is 19.5 Å². The first-order valence-corrected chi connectivity index (χ1v) is 9.53. The summed E-state index contributed by atoms with van der Waals surface area (Å²) >= 11 is 2.74. The van der Waals surface area contributed by atoms with Crippen molar-refractivity contribution in [1.29, 1.82) is 0 Å². The minimum absolute atomic E-state index is 0.0185. The first-order chi connectivity index (χ1) is 11.2. The summed E-state index contributed by atoms with van der Waals surface area (Å²) in [6, 6.07) is -0.483. The second-order valence-corrected chi connectivity index (χ2v) is 8.71. The van der Waals surface area contributed by atoms with Gasteiger partial charge in [0.25, 0.3) is 0 Å². The van der Waals surface area contributed by atoms with Gasteiger partial charge in [0.1, 0.15) is 11.0 Å². The second-order valence-electron chi connectivity index (χ2n) is 6.77. The number of aromatic carboxylic acids is 1. The van der Waals surface area contributed by atoms with Gasteiger partial charge in [0.2, 0.25) is 11.8 Å². The van der Waals surface area contributed by atoms with E-state index in [0.29, 0.717) is 23.1 Å². The van der Waals surface area contributed by atoms with Crippen LogP contribution in [0.5, 0.6) is 0 Å². The van der Waals surface area contributed by atoms with Crippen molar-refractivity contribution in [2.24, 2.45) is 5.41 Å². The van der Waals surface area contributed by atoms with Gasteiger partial charge in [0, 0.05) is 17.6 Å². The average molecular weight is 371 g/mol. The van der Waals surface area contributed by atoms with Crippen LogP contribution in [0.25, 0.3) is 0 Å². The summed E-state index contributed by atoms with van der Waals surface area (Å²) in [6.07, 6.45) is 0.395. The van der Waals surface area contributed by atoms with Crippen LogP contribution in [0.3, 0.4) is 0 Å². The summed E-state index contributed by atoms with van der Waals surface area (Å²) in [5, 5.41) is 13.6. The number of carbonyl (C=O) groups excluding carboxylic acids is 2. The molecule has 2 amide bonds. The van der Waals surface area contributed by atoms with E-state index in [1.165, 1.54) is 16.7 Å². The number of thiazole rings is 1. The maximum atomic E-state index is 12.4. The summed E-state index contributed by atoms with van der Waals surface area (Å²) in [4.78, 5) is 41.1. The third kappa shape index (κ3) is 4.94. The predicted octanol–water partition coefficient (Wildman–Crippen LogP) is 1.80. The van der Waals surface area contributed by atoms with Gasteiger partial charge in [-0.2, -0.15) is 0 Å². The van der Waals surface area contributed by atoms with Gasteiger partial charge in [-0.3, -0.25) is 9.59 Å². The van der Waals surface area contributed by atoms with Crippen molar-refractivity contribution in [1.82, 2.24) is 15.2 Å². The third-order valence-corrected chi connectivity index (χ3v) is 5.23. The fourth-order valence-corrected chi connectivity index (χ4v) is 4.12. The van der Waals surface area contributed by atoms with E-state index in [9.17, 15) is 14.4 Å². The topological polar surface area (TPSA) is 99.6 Å². The Morgan fingerprint density at radius 2 is 2.12 bits per heavy atom. The number of nitrogens with zero attached hydrogens (tertiary/aromatic N) is 2. The zero-order valence-corrected chi connectivity index (χ0v) is 15.5. The number of hydrogen-bond acceptors (Lipinski definition) is 6. The zero-order valence-electron chi connectivity index (χ0n) is 13.9. The molecule has 132 valence electrons. The molecule has 1 fully saturated rings. The molecule has 24 heavy (non-hydrogen) atoms. The van der Waals surface area contributed by atoms with E-state index in [1.54, 1.807) is 16.7 Å². The lowest BCUT2D eigenvalue weighted by molar-refractivity contribution is -0.139. The SMILES string of the molecule is CC(C)(C)CC(=O)N1CSCC1C(=O)NCc1nc(C(=O)O)cs1. The van der Waals surface area contributed by atoms with Gasteiger partial charge >= 0.3 is 5.97 Å². The van der Waals surface area contributed by atoms with Crippen molar-refractivity contribution >= 4 is 40.9 Å². The van der Waals surface area contributed by atoms with Gasteiger partial charge in [-0.1, -0.05) is 20.8 Å². The van der Waals surface area contributed by atoms with E-state index >= 15 is 0 Å². The largest absolute Gasteiger partial charge is 0.476 e. The highest BCUT2D eigenvalue weighted by Gasteiger charge is 2.35. The van der Waals surface area contributed by atoms with Gasteiger partial charge in [-0.05, 0) is 5.41 Å². The first kappa shape index (κ1) is 18.7. The molecule has 1 aromatic rings. The van der Waals surface area contributed by atoms with Gasteiger partial charge in [0.15, 0.2) is 5.69 Å². The molecule has 7 nitrogen and oxygen atoms in total. The predicted molar refractivity (Wildman–Crippen MR) is 93.0 cm³/mol. The van der Waals surface area contributed by atoms with Crippen LogP contribution in [-0.4, -0.2) is 50.4 Å². The number of thioether (sulfide) groups is 1. The molecule has 2 rings (SSSR count). The summed E-state index contributed by atoms with van der Waals surface area (Å²) in [5.74, 6) is -0.243. The molecule has 1 saturated heterocycles. The zero-order chi connectivity index (χ0) is 17.9. The van der Waals surface area contributed by atoms with Crippen LogP contribution in [0.1, 0.15) is 42.7 Å². The monoisotopic (exact) mass is 371 g/mol.